The molecule has 1 amide bonds. The van der Waals surface area contributed by atoms with E-state index >= 15 is 0 Å². The predicted octanol–water partition coefficient (Wildman–Crippen LogP) is 4.61. The number of pyridine rings is 1. The average Bonchev–Trinajstić information content (AvgIpc) is 2.89. The Bertz CT molecular complexity index is 1390. The van der Waals surface area contributed by atoms with Crippen LogP contribution in [0.15, 0.2) is 102 Å². The van der Waals surface area contributed by atoms with E-state index in [4.69, 9.17) is 9.47 Å². The number of benzene rings is 3. The first-order chi connectivity index (χ1) is 16.9. The molecule has 0 fully saturated rings. The van der Waals surface area contributed by atoms with Gasteiger partial charge in [0, 0.05) is 17.4 Å². The zero-order valence-electron chi connectivity index (χ0n) is 18.8. The summed E-state index contributed by atoms with van der Waals surface area (Å²) in [6.07, 6.45) is 1.63. The Morgan fingerprint density at radius 1 is 0.886 bits per heavy atom. The number of hydrogen-bond acceptors (Lipinski definition) is 6. The average molecular weight is 490 g/mol. The second-order valence-corrected chi connectivity index (χ2v) is 9.07. The van der Waals surface area contributed by atoms with Crippen LogP contribution in [0.25, 0.3) is 0 Å². The predicted molar refractivity (Wildman–Crippen MR) is 132 cm³/mol. The van der Waals surface area contributed by atoms with E-state index in [1.165, 1.54) is 25.3 Å². The SMILES string of the molecule is COc1ccc(C(=O)NCc2ccccn2)cc1S(=O)(=O)Nc1ccc(Oc2ccccc2)cc1. The minimum Gasteiger partial charge on any atom is -0.495 e. The molecule has 0 spiro atoms. The number of carbonyl (C=O) groups is 1. The highest BCUT2D eigenvalue weighted by Crippen LogP contribution is 2.28. The summed E-state index contributed by atoms with van der Waals surface area (Å²) in [7, 11) is -2.69. The van der Waals surface area contributed by atoms with Gasteiger partial charge < -0.3 is 14.8 Å². The third-order valence-electron chi connectivity index (χ3n) is 4.96. The normalized spacial score (nSPS) is 10.9. The molecule has 0 aliphatic carbocycles. The zero-order chi connectivity index (χ0) is 24.7. The standard InChI is InChI=1S/C26H23N3O5S/c1-33-24-15-10-19(26(30)28-18-21-7-5-6-16-27-21)17-25(24)35(31,32)29-20-11-13-23(14-12-20)34-22-8-3-2-4-9-22/h2-17,29H,18H2,1H3,(H,28,30). The van der Waals surface area contributed by atoms with Gasteiger partial charge >= 0.3 is 0 Å². The Kier molecular flexibility index (Phi) is 7.27. The van der Waals surface area contributed by atoms with Crippen molar-refractivity contribution in [2.45, 2.75) is 11.4 Å². The fourth-order valence-corrected chi connectivity index (χ4v) is 4.48. The van der Waals surface area contributed by atoms with Crippen molar-refractivity contribution >= 4 is 21.6 Å². The van der Waals surface area contributed by atoms with Crippen LogP contribution in [0.2, 0.25) is 0 Å². The number of rotatable bonds is 9. The molecule has 0 aliphatic rings. The van der Waals surface area contributed by atoms with E-state index in [9.17, 15) is 13.2 Å². The van der Waals surface area contributed by atoms with Gasteiger partial charge in [-0.3, -0.25) is 14.5 Å². The smallest absolute Gasteiger partial charge is 0.265 e. The maximum atomic E-state index is 13.1. The van der Waals surface area contributed by atoms with Crippen molar-refractivity contribution in [3.8, 4) is 17.2 Å². The summed E-state index contributed by atoms with van der Waals surface area (Å²) in [5.41, 5.74) is 1.19. The summed E-state index contributed by atoms with van der Waals surface area (Å²) in [6, 6.07) is 25.3. The number of sulfonamides is 1. The van der Waals surface area contributed by atoms with Gasteiger partial charge in [0.15, 0.2) is 0 Å². The van der Waals surface area contributed by atoms with Crippen molar-refractivity contribution in [2.75, 3.05) is 11.8 Å². The molecule has 1 aromatic heterocycles. The molecule has 0 atom stereocenters. The summed E-state index contributed by atoms with van der Waals surface area (Å²) < 4.78 is 39.8. The van der Waals surface area contributed by atoms with E-state index in [1.54, 1.807) is 42.6 Å². The van der Waals surface area contributed by atoms with Crippen LogP contribution in [0.4, 0.5) is 5.69 Å². The van der Waals surface area contributed by atoms with E-state index < -0.39 is 15.9 Å². The monoisotopic (exact) mass is 489 g/mol. The molecule has 0 aliphatic heterocycles. The van der Waals surface area contributed by atoms with Crippen LogP contribution in [-0.4, -0.2) is 26.4 Å². The maximum Gasteiger partial charge on any atom is 0.265 e. The molecule has 0 radical (unpaired) electrons. The minimum absolute atomic E-state index is 0.114. The Balaban J connectivity index is 1.49. The van der Waals surface area contributed by atoms with Crippen LogP contribution in [0.5, 0.6) is 17.2 Å². The van der Waals surface area contributed by atoms with E-state index in [0.717, 1.165) is 0 Å². The molecule has 0 unspecified atom stereocenters. The van der Waals surface area contributed by atoms with E-state index in [0.29, 0.717) is 22.9 Å². The largest absolute Gasteiger partial charge is 0.495 e. The molecule has 178 valence electrons. The number of carbonyl (C=O) groups excluding carboxylic acids is 1. The number of methoxy groups -OCH3 is 1. The topological polar surface area (TPSA) is 107 Å². The Morgan fingerprint density at radius 3 is 2.29 bits per heavy atom. The number of nitrogens with one attached hydrogen (secondary N) is 2. The third-order valence-corrected chi connectivity index (χ3v) is 6.36. The Morgan fingerprint density at radius 2 is 1.60 bits per heavy atom. The molecule has 0 saturated carbocycles. The molecule has 2 N–H and O–H groups in total. The summed E-state index contributed by atoms with van der Waals surface area (Å²) >= 11 is 0. The fraction of sp³-hybridized carbons (Fsp3) is 0.0769. The molecule has 4 aromatic rings. The van der Waals surface area contributed by atoms with Crippen molar-refractivity contribution in [3.05, 3.63) is 108 Å². The van der Waals surface area contributed by atoms with Gasteiger partial charge in [-0.1, -0.05) is 24.3 Å². The number of hydrogen-bond donors (Lipinski definition) is 2. The second-order valence-electron chi connectivity index (χ2n) is 7.41. The van der Waals surface area contributed by atoms with Gasteiger partial charge in [0.25, 0.3) is 15.9 Å². The Hall–Kier alpha value is -4.37. The first-order valence-corrected chi connectivity index (χ1v) is 12.1. The van der Waals surface area contributed by atoms with E-state index in [2.05, 4.69) is 15.0 Å². The number of anilines is 1. The molecule has 0 saturated heterocycles. The van der Waals surface area contributed by atoms with Crippen molar-refractivity contribution < 1.29 is 22.7 Å². The lowest BCUT2D eigenvalue weighted by Crippen LogP contribution is -2.24. The molecule has 8 nitrogen and oxygen atoms in total. The van der Waals surface area contributed by atoms with Gasteiger partial charge in [-0.15, -0.1) is 0 Å². The summed E-state index contributed by atoms with van der Waals surface area (Å²) in [4.78, 5) is 16.6. The van der Waals surface area contributed by atoms with Crippen LogP contribution in [0, 0.1) is 0 Å². The van der Waals surface area contributed by atoms with Gasteiger partial charge in [-0.05, 0) is 66.7 Å². The fourth-order valence-electron chi connectivity index (χ4n) is 3.23. The lowest BCUT2D eigenvalue weighted by molar-refractivity contribution is 0.0950. The van der Waals surface area contributed by atoms with Crippen LogP contribution < -0.4 is 19.5 Å². The highest BCUT2D eigenvalue weighted by molar-refractivity contribution is 7.92. The third kappa shape index (κ3) is 6.15. The number of nitrogens with zero attached hydrogens (tertiary/aromatic N) is 1. The first-order valence-electron chi connectivity index (χ1n) is 10.7. The highest BCUT2D eigenvalue weighted by Gasteiger charge is 2.22. The molecule has 3 aromatic carbocycles. The van der Waals surface area contributed by atoms with Crippen LogP contribution in [-0.2, 0) is 16.6 Å². The quantitative estimate of drug-likeness (QED) is 0.356. The van der Waals surface area contributed by atoms with Gasteiger partial charge in [0.1, 0.15) is 22.1 Å². The van der Waals surface area contributed by atoms with E-state index in [1.807, 2.05) is 36.4 Å². The van der Waals surface area contributed by atoms with E-state index in [-0.39, 0.29) is 22.8 Å². The molecule has 9 heteroatoms. The molecule has 1 heterocycles. The minimum atomic E-state index is -4.06. The van der Waals surface area contributed by atoms with Crippen molar-refractivity contribution in [2.24, 2.45) is 0 Å². The second kappa shape index (κ2) is 10.7. The molecule has 35 heavy (non-hydrogen) atoms. The lowest BCUT2D eigenvalue weighted by Gasteiger charge is -2.14. The lowest BCUT2D eigenvalue weighted by atomic mass is 10.2. The van der Waals surface area contributed by atoms with Gasteiger partial charge in [-0.25, -0.2) is 8.42 Å². The summed E-state index contributed by atoms with van der Waals surface area (Å²) in [5, 5.41) is 2.74. The number of para-hydroxylation sites is 1. The first kappa shape index (κ1) is 23.8. The van der Waals surface area contributed by atoms with Crippen molar-refractivity contribution in [3.63, 3.8) is 0 Å². The number of amides is 1. The summed E-state index contributed by atoms with van der Waals surface area (Å²) in [6.45, 7) is 0.212. The molecular weight excluding hydrogens is 466 g/mol. The van der Waals surface area contributed by atoms with Gasteiger partial charge in [-0.2, -0.15) is 0 Å². The van der Waals surface area contributed by atoms with Crippen molar-refractivity contribution in [1.82, 2.24) is 10.3 Å². The summed E-state index contributed by atoms with van der Waals surface area (Å²) in [5.74, 6) is 0.909. The van der Waals surface area contributed by atoms with Crippen molar-refractivity contribution in [1.29, 1.82) is 0 Å². The zero-order valence-corrected chi connectivity index (χ0v) is 19.7. The molecule has 4 rings (SSSR count). The van der Waals surface area contributed by atoms with Crippen LogP contribution in [0.1, 0.15) is 16.1 Å². The number of ether oxygens (including phenoxy) is 2. The molecular formula is C26H23N3O5S. The Labute approximate surface area is 203 Å². The van der Waals surface area contributed by atoms with Gasteiger partial charge in [0.2, 0.25) is 0 Å². The number of aromatic nitrogens is 1. The van der Waals surface area contributed by atoms with Crippen LogP contribution >= 0.6 is 0 Å². The molecule has 0 bridgehead atoms. The maximum absolute atomic E-state index is 13.1. The van der Waals surface area contributed by atoms with Gasteiger partial charge in [0.05, 0.1) is 19.3 Å². The highest BCUT2D eigenvalue weighted by atomic mass is 32.2. The van der Waals surface area contributed by atoms with Crippen LogP contribution in [0.3, 0.4) is 0 Å².